The van der Waals surface area contributed by atoms with Gasteiger partial charge in [0.2, 0.25) is 5.91 Å². The Morgan fingerprint density at radius 3 is 2.77 bits per heavy atom. The van der Waals surface area contributed by atoms with Crippen molar-refractivity contribution in [3.8, 4) is 0 Å². The van der Waals surface area contributed by atoms with Gasteiger partial charge in [-0.05, 0) is 26.2 Å². The third kappa shape index (κ3) is 6.08. The Balaban J connectivity index is 0.00000116. The summed E-state index contributed by atoms with van der Waals surface area (Å²) in [5, 5.41) is 2.83. The van der Waals surface area contributed by atoms with E-state index in [1.165, 1.54) is 11.8 Å². The first-order valence-electron chi connectivity index (χ1n) is 7.82. The summed E-state index contributed by atoms with van der Waals surface area (Å²) in [6.07, 6.45) is 11.0. The first kappa shape index (κ1) is 17.9. The number of hydrogen-bond donors (Lipinski definition) is 2. The molecule has 0 unspecified atom stereocenters. The summed E-state index contributed by atoms with van der Waals surface area (Å²) < 4.78 is 0. The van der Waals surface area contributed by atoms with Gasteiger partial charge in [0.15, 0.2) is 0 Å². The lowest BCUT2D eigenvalue weighted by molar-refractivity contribution is -0.120. The number of nitrogens with zero attached hydrogens (tertiary/aromatic N) is 1. The van der Waals surface area contributed by atoms with Gasteiger partial charge in [0.1, 0.15) is 5.82 Å². The topological polar surface area (TPSA) is 74.8 Å². The normalized spacial score (nSPS) is 13.0. The highest BCUT2D eigenvalue weighted by Crippen LogP contribution is 2.11. The Morgan fingerprint density at radius 2 is 2.14 bits per heavy atom. The molecule has 5 nitrogen and oxygen atoms in total. The van der Waals surface area contributed by atoms with E-state index in [0.717, 1.165) is 19.3 Å². The molecule has 2 rings (SSSR count). The zero-order valence-corrected chi connectivity index (χ0v) is 13.6. The van der Waals surface area contributed by atoms with Crippen LogP contribution in [0.15, 0.2) is 34.8 Å². The molecule has 0 atom stereocenters. The van der Waals surface area contributed by atoms with Crippen molar-refractivity contribution >= 4 is 5.91 Å². The molecule has 0 saturated carbocycles. The van der Waals surface area contributed by atoms with Crippen molar-refractivity contribution < 1.29 is 4.79 Å². The first-order chi connectivity index (χ1) is 10.6. The van der Waals surface area contributed by atoms with Gasteiger partial charge < -0.3 is 10.3 Å². The number of aromatic amines is 1. The van der Waals surface area contributed by atoms with Gasteiger partial charge in [-0.25, -0.2) is 4.98 Å². The number of hydrogen-bond acceptors (Lipinski definition) is 3. The smallest absolute Gasteiger partial charge is 0.254 e. The number of allylic oxidation sites excluding steroid dienone is 3. The van der Waals surface area contributed by atoms with Crippen LogP contribution >= 0.6 is 0 Å². The SMILES string of the molecule is CC.Cc1ncc(CC(=O)NCCC2=CCCC=C2)c(=O)[nH]1. The Bertz CT molecular complexity index is 600. The summed E-state index contributed by atoms with van der Waals surface area (Å²) in [5.74, 6) is 0.400. The molecule has 1 aliphatic carbocycles. The fourth-order valence-electron chi connectivity index (χ4n) is 2.07. The van der Waals surface area contributed by atoms with Crippen molar-refractivity contribution in [1.29, 1.82) is 0 Å². The Hall–Kier alpha value is -2.17. The monoisotopic (exact) mass is 303 g/mol. The molecule has 1 aliphatic rings. The van der Waals surface area contributed by atoms with E-state index >= 15 is 0 Å². The van der Waals surface area contributed by atoms with Gasteiger partial charge in [0.05, 0.1) is 6.42 Å². The summed E-state index contributed by atoms with van der Waals surface area (Å²) in [6.45, 7) is 6.29. The van der Waals surface area contributed by atoms with E-state index in [-0.39, 0.29) is 17.9 Å². The van der Waals surface area contributed by atoms with Crippen molar-refractivity contribution in [3.63, 3.8) is 0 Å². The lowest BCUT2D eigenvalue weighted by atomic mass is 10.0. The third-order valence-corrected chi connectivity index (χ3v) is 3.16. The minimum Gasteiger partial charge on any atom is -0.355 e. The van der Waals surface area contributed by atoms with Gasteiger partial charge in [0, 0.05) is 18.3 Å². The van der Waals surface area contributed by atoms with E-state index in [9.17, 15) is 9.59 Å². The van der Waals surface area contributed by atoms with E-state index < -0.39 is 0 Å². The summed E-state index contributed by atoms with van der Waals surface area (Å²) in [7, 11) is 0. The largest absolute Gasteiger partial charge is 0.355 e. The predicted molar refractivity (Wildman–Crippen MR) is 88.7 cm³/mol. The lowest BCUT2D eigenvalue weighted by Crippen LogP contribution is -2.29. The molecule has 0 fully saturated rings. The van der Waals surface area contributed by atoms with Crippen LogP contribution in [0, 0.1) is 6.92 Å². The highest BCUT2D eigenvalue weighted by molar-refractivity contribution is 5.78. The van der Waals surface area contributed by atoms with Crippen LogP contribution in [0.5, 0.6) is 0 Å². The molecule has 2 N–H and O–H groups in total. The summed E-state index contributed by atoms with van der Waals surface area (Å²) >= 11 is 0. The lowest BCUT2D eigenvalue weighted by Gasteiger charge is -2.08. The van der Waals surface area contributed by atoms with Crippen molar-refractivity contribution in [2.75, 3.05) is 6.54 Å². The molecular weight excluding hydrogens is 278 g/mol. The van der Waals surface area contributed by atoms with E-state index in [2.05, 4.69) is 33.5 Å². The molecule has 22 heavy (non-hydrogen) atoms. The number of amides is 1. The number of carbonyl (C=O) groups is 1. The Morgan fingerprint density at radius 1 is 1.36 bits per heavy atom. The second-order valence-electron chi connectivity index (χ2n) is 4.86. The minimum atomic E-state index is -0.245. The summed E-state index contributed by atoms with van der Waals surface area (Å²) in [4.78, 5) is 29.9. The number of carbonyl (C=O) groups excluding carboxylic acids is 1. The van der Waals surface area contributed by atoms with E-state index in [1.807, 2.05) is 13.8 Å². The van der Waals surface area contributed by atoms with Crippen molar-refractivity contribution in [1.82, 2.24) is 15.3 Å². The standard InChI is InChI=1S/C15H19N3O2.C2H6/c1-11-17-10-13(15(20)18-11)9-14(19)16-8-7-12-5-3-2-4-6-12;1-2/h3,5-6,10H,2,4,7-9H2,1H3,(H,16,19)(H,17,18,20);1-2H3. The van der Waals surface area contributed by atoms with Crippen LogP contribution in [-0.2, 0) is 11.2 Å². The minimum absolute atomic E-state index is 0.0670. The third-order valence-electron chi connectivity index (χ3n) is 3.16. The highest BCUT2D eigenvalue weighted by atomic mass is 16.2. The van der Waals surface area contributed by atoms with Crippen molar-refractivity contribution in [2.45, 2.75) is 46.5 Å². The summed E-state index contributed by atoms with van der Waals surface area (Å²) in [5.41, 5.74) is 1.40. The maximum Gasteiger partial charge on any atom is 0.254 e. The zero-order chi connectivity index (χ0) is 16.4. The summed E-state index contributed by atoms with van der Waals surface area (Å²) in [6, 6.07) is 0. The number of aryl methyl sites for hydroxylation is 1. The van der Waals surface area contributed by atoms with Crippen LogP contribution in [0.2, 0.25) is 0 Å². The van der Waals surface area contributed by atoms with Crippen molar-refractivity contribution in [2.24, 2.45) is 0 Å². The molecule has 1 aromatic rings. The molecular formula is C17H25N3O2. The molecule has 0 aliphatic heterocycles. The van der Waals surface area contributed by atoms with Gasteiger partial charge in [-0.3, -0.25) is 9.59 Å². The van der Waals surface area contributed by atoms with Crippen LogP contribution in [0.25, 0.3) is 0 Å². The molecule has 0 spiro atoms. The number of aromatic nitrogens is 2. The zero-order valence-electron chi connectivity index (χ0n) is 13.6. The van der Waals surface area contributed by atoms with Gasteiger partial charge in [-0.1, -0.05) is 37.6 Å². The van der Waals surface area contributed by atoms with Crippen LogP contribution in [0.3, 0.4) is 0 Å². The molecule has 1 aromatic heterocycles. The molecule has 1 amide bonds. The van der Waals surface area contributed by atoms with Crippen LogP contribution in [0.4, 0.5) is 0 Å². The van der Waals surface area contributed by atoms with Gasteiger partial charge >= 0.3 is 0 Å². The fourth-order valence-corrected chi connectivity index (χ4v) is 2.07. The number of nitrogens with one attached hydrogen (secondary N) is 2. The van der Waals surface area contributed by atoms with Crippen molar-refractivity contribution in [3.05, 3.63) is 51.7 Å². The molecule has 0 bridgehead atoms. The number of H-pyrrole nitrogens is 1. The number of rotatable bonds is 5. The molecule has 120 valence electrons. The maximum atomic E-state index is 11.8. The second kappa shape index (κ2) is 9.71. The van der Waals surface area contributed by atoms with Crippen LogP contribution < -0.4 is 10.9 Å². The van der Waals surface area contributed by atoms with E-state index in [1.54, 1.807) is 6.92 Å². The Kier molecular flexibility index (Phi) is 7.89. The highest BCUT2D eigenvalue weighted by Gasteiger charge is 2.07. The quantitative estimate of drug-likeness (QED) is 0.877. The first-order valence-corrected chi connectivity index (χ1v) is 7.82. The van der Waals surface area contributed by atoms with E-state index in [0.29, 0.717) is 17.9 Å². The predicted octanol–water partition coefficient (Wildman–Crippen LogP) is 2.43. The Labute approximate surface area is 131 Å². The molecule has 0 saturated heterocycles. The molecule has 0 radical (unpaired) electrons. The van der Waals surface area contributed by atoms with Crippen LogP contribution in [0.1, 0.15) is 44.5 Å². The van der Waals surface area contributed by atoms with Gasteiger partial charge in [0.25, 0.3) is 5.56 Å². The fraction of sp³-hybridized carbons (Fsp3) is 0.471. The van der Waals surface area contributed by atoms with E-state index in [4.69, 9.17) is 0 Å². The molecule has 5 heteroatoms. The van der Waals surface area contributed by atoms with Crippen LogP contribution in [-0.4, -0.2) is 22.4 Å². The maximum absolute atomic E-state index is 11.8. The molecule has 1 heterocycles. The average Bonchev–Trinajstić information content (AvgIpc) is 2.53. The van der Waals surface area contributed by atoms with Gasteiger partial charge in [-0.15, -0.1) is 0 Å². The molecule has 0 aromatic carbocycles. The second-order valence-corrected chi connectivity index (χ2v) is 4.86. The average molecular weight is 303 g/mol. The van der Waals surface area contributed by atoms with Gasteiger partial charge in [-0.2, -0.15) is 0 Å².